The normalized spacial score (nSPS) is 19.6. The largest absolute Gasteiger partial charge is 0.496 e. The van der Waals surface area contributed by atoms with E-state index in [1.165, 1.54) is 0 Å². The van der Waals surface area contributed by atoms with Crippen LogP contribution in [0.4, 0.5) is 0 Å². The van der Waals surface area contributed by atoms with E-state index >= 15 is 0 Å². The minimum Gasteiger partial charge on any atom is -0.496 e. The highest BCUT2D eigenvalue weighted by Gasteiger charge is 2.31. The van der Waals surface area contributed by atoms with Crippen LogP contribution in [-0.4, -0.2) is 38.1 Å². The minimum absolute atomic E-state index is 0.0899. The smallest absolute Gasteiger partial charge is 0.122 e. The SMILES string of the molecule is COc1ccc(C)cc1C(CN)C(O)C1CCOCC1. The van der Waals surface area contributed by atoms with Crippen molar-refractivity contribution in [1.29, 1.82) is 0 Å². The third-order valence-electron chi connectivity index (χ3n) is 4.20. The highest BCUT2D eigenvalue weighted by Crippen LogP contribution is 2.34. The van der Waals surface area contributed by atoms with Gasteiger partial charge in [-0.15, -0.1) is 0 Å². The van der Waals surface area contributed by atoms with E-state index in [1.54, 1.807) is 7.11 Å². The van der Waals surface area contributed by atoms with Crippen LogP contribution in [0.1, 0.15) is 29.9 Å². The van der Waals surface area contributed by atoms with Crippen molar-refractivity contribution in [1.82, 2.24) is 0 Å². The summed E-state index contributed by atoms with van der Waals surface area (Å²) in [5.41, 5.74) is 8.10. The Morgan fingerprint density at radius 2 is 2.10 bits per heavy atom. The van der Waals surface area contributed by atoms with Crippen LogP contribution in [-0.2, 0) is 4.74 Å². The molecule has 0 radical (unpaired) electrons. The van der Waals surface area contributed by atoms with E-state index in [0.29, 0.717) is 6.54 Å². The van der Waals surface area contributed by atoms with Crippen LogP contribution in [0.5, 0.6) is 5.75 Å². The van der Waals surface area contributed by atoms with E-state index in [2.05, 4.69) is 6.07 Å². The summed E-state index contributed by atoms with van der Waals surface area (Å²) in [6, 6.07) is 6.03. The molecule has 1 heterocycles. The minimum atomic E-state index is -0.445. The van der Waals surface area contributed by atoms with Crippen molar-refractivity contribution in [3.63, 3.8) is 0 Å². The van der Waals surface area contributed by atoms with Crippen molar-refractivity contribution in [3.8, 4) is 5.75 Å². The summed E-state index contributed by atoms with van der Waals surface area (Å²) in [4.78, 5) is 0. The Labute approximate surface area is 120 Å². The van der Waals surface area contributed by atoms with Gasteiger partial charge in [0.05, 0.1) is 13.2 Å². The Balaban J connectivity index is 2.24. The van der Waals surface area contributed by atoms with Gasteiger partial charge in [0.1, 0.15) is 5.75 Å². The summed E-state index contributed by atoms with van der Waals surface area (Å²) < 4.78 is 10.8. The average Bonchev–Trinajstić information content (AvgIpc) is 2.49. The van der Waals surface area contributed by atoms with E-state index in [0.717, 1.165) is 42.9 Å². The average molecular weight is 279 g/mol. The zero-order chi connectivity index (χ0) is 14.5. The molecular weight excluding hydrogens is 254 g/mol. The zero-order valence-corrected chi connectivity index (χ0v) is 12.3. The molecule has 1 fully saturated rings. The number of aryl methyl sites for hydroxylation is 1. The molecule has 1 aromatic carbocycles. The first-order valence-electron chi connectivity index (χ1n) is 7.27. The van der Waals surface area contributed by atoms with Gasteiger partial charge in [0.2, 0.25) is 0 Å². The van der Waals surface area contributed by atoms with Gasteiger partial charge in [0.25, 0.3) is 0 Å². The molecule has 1 aliphatic heterocycles. The van der Waals surface area contributed by atoms with Crippen LogP contribution in [0, 0.1) is 12.8 Å². The van der Waals surface area contributed by atoms with Crippen molar-refractivity contribution < 1.29 is 14.6 Å². The molecule has 4 heteroatoms. The molecule has 2 atom stereocenters. The van der Waals surface area contributed by atoms with E-state index in [4.69, 9.17) is 15.2 Å². The Kier molecular flexibility index (Phi) is 5.40. The maximum Gasteiger partial charge on any atom is 0.122 e. The number of methoxy groups -OCH3 is 1. The first-order valence-corrected chi connectivity index (χ1v) is 7.27. The van der Waals surface area contributed by atoms with Gasteiger partial charge in [-0.2, -0.15) is 0 Å². The predicted octanol–water partition coefficient (Wildman–Crippen LogP) is 1.83. The van der Waals surface area contributed by atoms with Crippen LogP contribution in [0.25, 0.3) is 0 Å². The van der Waals surface area contributed by atoms with Crippen LogP contribution >= 0.6 is 0 Å². The van der Waals surface area contributed by atoms with Gasteiger partial charge in [-0.1, -0.05) is 17.7 Å². The van der Waals surface area contributed by atoms with Crippen molar-refractivity contribution in [2.75, 3.05) is 26.9 Å². The molecule has 0 bridgehead atoms. The molecule has 112 valence electrons. The first-order chi connectivity index (χ1) is 9.67. The van der Waals surface area contributed by atoms with Crippen molar-refractivity contribution in [2.45, 2.75) is 31.8 Å². The van der Waals surface area contributed by atoms with Gasteiger partial charge in [-0.25, -0.2) is 0 Å². The number of ether oxygens (including phenoxy) is 2. The summed E-state index contributed by atoms with van der Waals surface area (Å²) in [6.45, 7) is 3.91. The van der Waals surface area contributed by atoms with Crippen LogP contribution in [0.15, 0.2) is 18.2 Å². The summed E-state index contributed by atoms with van der Waals surface area (Å²) in [5, 5.41) is 10.7. The monoisotopic (exact) mass is 279 g/mol. The van der Waals surface area contributed by atoms with E-state index in [9.17, 15) is 5.11 Å². The molecule has 1 saturated heterocycles. The van der Waals surface area contributed by atoms with Crippen LogP contribution in [0.3, 0.4) is 0 Å². The fraction of sp³-hybridized carbons (Fsp3) is 0.625. The summed E-state index contributed by atoms with van der Waals surface area (Å²) in [6.07, 6.45) is 1.34. The molecule has 2 rings (SSSR count). The lowest BCUT2D eigenvalue weighted by atomic mass is 9.81. The second kappa shape index (κ2) is 7.07. The highest BCUT2D eigenvalue weighted by molar-refractivity contribution is 5.40. The fourth-order valence-electron chi connectivity index (χ4n) is 2.98. The molecule has 4 nitrogen and oxygen atoms in total. The second-order valence-corrected chi connectivity index (χ2v) is 5.53. The molecule has 0 aliphatic carbocycles. The Morgan fingerprint density at radius 1 is 1.40 bits per heavy atom. The topological polar surface area (TPSA) is 64.7 Å². The number of benzene rings is 1. The van der Waals surface area contributed by atoms with Gasteiger partial charge < -0.3 is 20.3 Å². The predicted molar refractivity (Wildman–Crippen MR) is 79.1 cm³/mol. The van der Waals surface area contributed by atoms with E-state index in [-0.39, 0.29) is 11.8 Å². The third-order valence-corrected chi connectivity index (χ3v) is 4.20. The maximum atomic E-state index is 10.7. The van der Waals surface area contributed by atoms with Crippen molar-refractivity contribution in [3.05, 3.63) is 29.3 Å². The number of hydrogen-bond acceptors (Lipinski definition) is 4. The molecule has 0 spiro atoms. The van der Waals surface area contributed by atoms with Crippen molar-refractivity contribution >= 4 is 0 Å². The zero-order valence-electron chi connectivity index (χ0n) is 12.3. The molecule has 2 unspecified atom stereocenters. The van der Waals surface area contributed by atoms with Gasteiger partial charge in [0, 0.05) is 31.2 Å². The van der Waals surface area contributed by atoms with Gasteiger partial charge in [0.15, 0.2) is 0 Å². The summed E-state index contributed by atoms with van der Waals surface area (Å²) in [7, 11) is 1.66. The van der Waals surface area contributed by atoms with Crippen molar-refractivity contribution in [2.24, 2.45) is 11.7 Å². The van der Waals surface area contributed by atoms with Gasteiger partial charge in [-0.3, -0.25) is 0 Å². The first kappa shape index (κ1) is 15.3. The number of aliphatic hydroxyl groups is 1. The number of rotatable bonds is 5. The number of aliphatic hydroxyl groups excluding tert-OH is 1. The van der Waals surface area contributed by atoms with Gasteiger partial charge in [-0.05, 0) is 31.7 Å². The molecule has 1 aromatic rings. The van der Waals surface area contributed by atoms with Gasteiger partial charge >= 0.3 is 0 Å². The Hall–Kier alpha value is -1.10. The molecule has 0 saturated carbocycles. The molecule has 3 N–H and O–H groups in total. The lowest BCUT2D eigenvalue weighted by Crippen LogP contribution is -2.35. The molecule has 20 heavy (non-hydrogen) atoms. The molecule has 1 aliphatic rings. The fourth-order valence-corrected chi connectivity index (χ4v) is 2.98. The third kappa shape index (κ3) is 3.32. The molecule has 0 aromatic heterocycles. The lowest BCUT2D eigenvalue weighted by Gasteiger charge is -2.32. The van der Waals surface area contributed by atoms with Crippen LogP contribution < -0.4 is 10.5 Å². The molecule has 0 amide bonds. The number of nitrogens with two attached hydrogens (primary N) is 1. The van der Waals surface area contributed by atoms with E-state index in [1.807, 2.05) is 19.1 Å². The summed E-state index contributed by atoms with van der Waals surface area (Å²) in [5.74, 6) is 0.965. The standard InChI is InChI=1S/C16H25NO3/c1-11-3-4-15(19-2)13(9-11)14(10-17)16(18)12-5-7-20-8-6-12/h3-4,9,12,14,16,18H,5-8,10,17H2,1-2H3. The molecular formula is C16H25NO3. The number of hydrogen-bond donors (Lipinski definition) is 2. The lowest BCUT2D eigenvalue weighted by molar-refractivity contribution is -0.00220. The Morgan fingerprint density at radius 3 is 2.70 bits per heavy atom. The maximum absolute atomic E-state index is 10.7. The quantitative estimate of drug-likeness (QED) is 0.863. The highest BCUT2D eigenvalue weighted by atomic mass is 16.5. The second-order valence-electron chi connectivity index (χ2n) is 5.53. The Bertz CT molecular complexity index is 430. The van der Waals surface area contributed by atoms with E-state index < -0.39 is 6.10 Å². The van der Waals surface area contributed by atoms with Crippen LogP contribution in [0.2, 0.25) is 0 Å². The summed E-state index contributed by atoms with van der Waals surface area (Å²) >= 11 is 0.